The third-order valence-corrected chi connectivity index (χ3v) is 5.66. The van der Waals surface area contributed by atoms with Gasteiger partial charge in [0.25, 0.3) is 0 Å². The van der Waals surface area contributed by atoms with Crippen molar-refractivity contribution in [3.63, 3.8) is 0 Å². The highest BCUT2D eigenvalue weighted by Gasteiger charge is 2.24. The van der Waals surface area contributed by atoms with Crippen LogP contribution in [0.2, 0.25) is 0 Å². The van der Waals surface area contributed by atoms with Gasteiger partial charge >= 0.3 is 0 Å². The third-order valence-electron chi connectivity index (χ3n) is 4.80. The average Bonchev–Trinajstić information content (AvgIpc) is 2.85. The minimum absolute atomic E-state index is 0.607. The summed E-state index contributed by atoms with van der Waals surface area (Å²) in [5.74, 6) is 2.74. The fourth-order valence-corrected chi connectivity index (χ4v) is 4.25. The van der Waals surface area contributed by atoms with Crippen LogP contribution in [-0.4, -0.2) is 15.4 Å². The highest BCUT2D eigenvalue weighted by molar-refractivity contribution is 14.1. The number of hydrogen-bond donors (Lipinski definition) is 0. The highest BCUT2D eigenvalue weighted by atomic mass is 127. The van der Waals surface area contributed by atoms with Gasteiger partial charge in [-0.15, -0.1) is 11.6 Å². The summed E-state index contributed by atoms with van der Waals surface area (Å²) in [5, 5.41) is 0. The largest absolute Gasteiger partial charge is 0.325 e. The van der Waals surface area contributed by atoms with E-state index in [0.29, 0.717) is 11.9 Å². The van der Waals surface area contributed by atoms with Crippen molar-refractivity contribution < 1.29 is 0 Å². The van der Waals surface area contributed by atoms with Gasteiger partial charge in [0.05, 0.1) is 11.0 Å². The van der Waals surface area contributed by atoms with Crippen molar-refractivity contribution in [1.29, 1.82) is 0 Å². The van der Waals surface area contributed by atoms with Crippen LogP contribution >= 0.6 is 34.2 Å². The Morgan fingerprint density at radius 3 is 2.71 bits per heavy atom. The van der Waals surface area contributed by atoms with Crippen LogP contribution in [0.1, 0.15) is 50.9 Å². The van der Waals surface area contributed by atoms with Crippen molar-refractivity contribution in [2.24, 2.45) is 5.92 Å². The molecule has 2 nitrogen and oxygen atoms in total. The molecular formula is C17H22ClIN2. The van der Waals surface area contributed by atoms with Crippen molar-refractivity contribution in [2.75, 3.05) is 5.88 Å². The molecule has 1 aromatic carbocycles. The Balaban J connectivity index is 1.97. The summed E-state index contributed by atoms with van der Waals surface area (Å²) >= 11 is 8.35. The number of benzene rings is 1. The van der Waals surface area contributed by atoms with E-state index in [1.807, 2.05) is 0 Å². The van der Waals surface area contributed by atoms with Crippen molar-refractivity contribution in [3.05, 3.63) is 27.6 Å². The highest BCUT2D eigenvalue weighted by Crippen LogP contribution is 2.36. The van der Waals surface area contributed by atoms with Crippen LogP contribution in [0.25, 0.3) is 11.0 Å². The van der Waals surface area contributed by atoms with Gasteiger partial charge in [-0.1, -0.05) is 13.3 Å². The van der Waals surface area contributed by atoms with Crippen molar-refractivity contribution >= 4 is 45.2 Å². The molecule has 4 heteroatoms. The predicted molar refractivity (Wildman–Crippen MR) is 98.2 cm³/mol. The first-order valence-corrected chi connectivity index (χ1v) is 9.56. The Bertz CT molecular complexity index is 615. The SMILES string of the molecule is CCC1CCC(n2c(CCCl)nc3cc(I)ccc32)CC1. The Morgan fingerprint density at radius 2 is 2.05 bits per heavy atom. The van der Waals surface area contributed by atoms with Gasteiger partial charge < -0.3 is 4.57 Å². The second kappa shape index (κ2) is 6.86. The normalized spacial score (nSPS) is 22.8. The van der Waals surface area contributed by atoms with Crippen molar-refractivity contribution in [2.45, 2.75) is 51.5 Å². The van der Waals surface area contributed by atoms with Gasteiger partial charge in [-0.25, -0.2) is 4.98 Å². The van der Waals surface area contributed by atoms with Gasteiger partial charge in [0.15, 0.2) is 0 Å². The number of nitrogens with zero attached hydrogens (tertiary/aromatic N) is 2. The number of alkyl halides is 1. The molecule has 1 aromatic heterocycles. The fourth-order valence-electron chi connectivity index (χ4n) is 3.60. The molecule has 1 aliphatic rings. The van der Waals surface area contributed by atoms with Crippen LogP contribution in [0.5, 0.6) is 0 Å². The lowest BCUT2D eigenvalue weighted by atomic mass is 9.84. The van der Waals surface area contributed by atoms with E-state index in [4.69, 9.17) is 16.6 Å². The first kappa shape index (κ1) is 15.6. The molecule has 0 spiro atoms. The maximum atomic E-state index is 6.00. The van der Waals surface area contributed by atoms with E-state index < -0.39 is 0 Å². The molecule has 0 aliphatic heterocycles. The first-order valence-electron chi connectivity index (χ1n) is 7.95. The second-order valence-corrected chi connectivity index (χ2v) is 7.68. The predicted octanol–water partition coefficient (Wildman–Crippen LogP) is 5.56. The minimum atomic E-state index is 0.607. The van der Waals surface area contributed by atoms with Gasteiger partial charge in [-0.05, 0) is 72.4 Å². The fraction of sp³-hybridized carbons (Fsp3) is 0.588. The lowest BCUT2D eigenvalue weighted by molar-refractivity contribution is 0.270. The number of fused-ring (bicyclic) bond motifs is 1. The van der Waals surface area contributed by atoms with Crippen molar-refractivity contribution in [1.82, 2.24) is 9.55 Å². The number of aryl methyl sites for hydroxylation is 1. The van der Waals surface area contributed by atoms with Crippen LogP contribution in [-0.2, 0) is 6.42 Å². The zero-order valence-electron chi connectivity index (χ0n) is 12.5. The van der Waals surface area contributed by atoms with Crippen LogP contribution in [0.3, 0.4) is 0 Å². The summed E-state index contributed by atoms with van der Waals surface area (Å²) in [5.41, 5.74) is 2.41. The van der Waals surface area contributed by atoms with E-state index in [9.17, 15) is 0 Å². The molecular weight excluding hydrogens is 395 g/mol. The van der Waals surface area contributed by atoms with Crippen molar-refractivity contribution in [3.8, 4) is 0 Å². The number of hydrogen-bond acceptors (Lipinski definition) is 1. The summed E-state index contributed by atoms with van der Waals surface area (Å²) in [4.78, 5) is 4.85. The molecule has 0 bridgehead atoms. The molecule has 0 unspecified atom stereocenters. The van der Waals surface area contributed by atoms with E-state index in [1.165, 1.54) is 47.0 Å². The molecule has 1 fully saturated rings. The Kier molecular flexibility index (Phi) is 5.10. The Labute approximate surface area is 145 Å². The molecule has 114 valence electrons. The molecule has 1 heterocycles. The van der Waals surface area contributed by atoms with Gasteiger partial charge in [0.1, 0.15) is 5.82 Å². The van der Waals surface area contributed by atoms with Gasteiger partial charge in [0.2, 0.25) is 0 Å². The maximum Gasteiger partial charge on any atom is 0.111 e. The first-order chi connectivity index (χ1) is 10.2. The smallest absolute Gasteiger partial charge is 0.111 e. The monoisotopic (exact) mass is 416 g/mol. The standard InChI is InChI=1S/C17H22ClIN2/c1-2-12-3-6-14(7-4-12)21-16-8-5-13(19)11-15(16)20-17(21)9-10-18/h5,8,11-12,14H,2-4,6-7,9-10H2,1H3. The zero-order chi connectivity index (χ0) is 14.8. The lowest BCUT2D eigenvalue weighted by Gasteiger charge is -2.30. The molecule has 0 N–H and O–H groups in total. The van der Waals surface area contributed by atoms with Gasteiger partial charge in [-0.3, -0.25) is 0 Å². The summed E-state index contributed by atoms with van der Waals surface area (Å²) < 4.78 is 3.73. The molecule has 0 amide bonds. The molecule has 0 radical (unpaired) electrons. The van der Waals surface area contributed by atoms with Gasteiger partial charge in [-0.2, -0.15) is 0 Å². The third kappa shape index (κ3) is 3.24. The lowest BCUT2D eigenvalue weighted by Crippen LogP contribution is -2.19. The summed E-state index contributed by atoms with van der Waals surface area (Å²) in [6, 6.07) is 7.20. The number of halogens is 2. The summed E-state index contributed by atoms with van der Waals surface area (Å²) in [6.07, 6.45) is 7.46. The van der Waals surface area contributed by atoms with Crippen LogP contribution in [0, 0.1) is 9.49 Å². The Hall–Kier alpha value is -0.290. The summed E-state index contributed by atoms with van der Waals surface area (Å²) in [7, 11) is 0. The average molecular weight is 417 g/mol. The number of rotatable bonds is 4. The quantitative estimate of drug-likeness (QED) is 0.471. The van der Waals surface area contributed by atoms with E-state index in [-0.39, 0.29) is 0 Å². The van der Waals surface area contributed by atoms with Gasteiger partial charge in [0, 0.05) is 21.9 Å². The van der Waals surface area contributed by atoms with E-state index in [1.54, 1.807) is 0 Å². The van der Waals surface area contributed by atoms with E-state index in [2.05, 4.69) is 52.3 Å². The van der Waals surface area contributed by atoms with E-state index >= 15 is 0 Å². The van der Waals surface area contributed by atoms with E-state index in [0.717, 1.165) is 17.9 Å². The van der Waals surface area contributed by atoms with Crippen LogP contribution in [0.4, 0.5) is 0 Å². The van der Waals surface area contributed by atoms with Crippen LogP contribution < -0.4 is 0 Å². The molecule has 0 saturated heterocycles. The zero-order valence-corrected chi connectivity index (χ0v) is 15.4. The second-order valence-electron chi connectivity index (χ2n) is 6.05. The van der Waals surface area contributed by atoms with Crippen LogP contribution in [0.15, 0.2) is 18.2 Å². The minimum Gasteiger partial charge on any atom is -0.325 e. The Morgan fingerprint density at radius 1 is 1.29 bits per heavy atom. The summed E-state index contributed by atoms with van der Waals surface area (Å²) in [6.45, 7) is 2.32. The molecule has 1 saturated carbocycles. The molecule has 1 aliphatic carbocycles. The molecule has 3 rings (SSSR count). The molecule has 2 aromatic rings. The maximum absolute atomic E-state index is 6.00. The topological polar surface area (TPSA) is 17.8 Å². The molecule has 0 atom stereocenters. The number of aromatic nitrogens is 2. The molecule has 21 heavy (non-hydrogen) atoms. The number of imidazole rings is 1.